The van der Waals surface area contributed by atoms with Gasteiger partial charge in [-0.25, -0.2) is 14.7 Å². The summed E-state index contributed by atoms with van der Waals surface area (Å²) < 4.78 is 5.42. The van der Waals surface area contributed by atoms with Gasteiger partial charge in [0.05, 0.1) is 18.0 Å². The number of rotatable bonds is 3. The lowest BCUT2D eigenvalue weighted by Gasteiger charge is -2.26. The Hall–Kier alpha value is -2.63. The molecule has 0 radical (unpaired) electrons. The van der Waals surface area contributed by atoms with Gasteiger partial charge in [0.25, 0.3) is 5.91 Å². The van der Waals surface area contributed by atoms with Crippen molar-refractivity contribution in [3.63, 3.8) is 0 Å². The summed E-state index contributed by atoms with van der Waals surface area (Å²) in [4.78, 5) is 31.9. The average molecular weight is 326 g/mol. The Labute approximate surface area is 140 Å². The molecule has 2 aliphatic heterocycles. The number of hydrogen-bond donors (Lipinski definition) is 1. The number of nitrogens with zero attached hydrogens (tertiary/aromatic N) is 2. The lowest BCUT2D eigenvalue weighted by Crippen LogP contribution is -2.74. The second-order valence-corrected chi connectivity index (χ2v) is 6.14. The van der Waals surface area contributed by atoms with Gasteiger partial charge in [0.1, 0.15) is 5.75 Å². The van der Waals surface area contributed by atoms with E-state index in [2.05, 4.69) is 4.99 Å². The molecule has 0 aromatic heterocycles. The third-order valence-electron chi connectivity index (χ3n) is 4.70. The molecule has 1 atom stereocenters. The number of amides is 3. The van der Waals surface area contributed by atoms with Crippen molar-refractivity contribution in [3.05, 3.63) is 35.7 Å². The zero-order chi connectivity index (χ0) is 16.7. The van der Waals surface area contributed by atoms with E-state index in [0.717, 1.165) is 42.8 Å². The van der Waals surface area contributed by atoms with Crippen LogP contribution in [0.1, 0.15) is 32.6 Å². The summed E-state index contributed by atoms with van der Waals surface area (Å²) in [5.41, 5.74) is 2.63. The quantitative estimate of drug-likeness (QED) is 0.848. The van der Waals surface area contributed by atoms with E-state index in [0.29, 0.717) is 12.3 Å². The second kappa shape index (κ2) is 5.78. The van der Waals surface area contributed by atoms with E-state index in [9.17, 15) is 9.59 Å². The minimum atomic E-state index is -0.555. The van der Waals surface area contributed by atoms with E-state index < -0.39 is 6.04 Å². The first-order chi connectivity index (χ1) is 11.7. The van der Waals surface area contributed by atoms with E-state index in [1.165, 1.54) is 4.90 Å². The molecule has 1 aromatic carbocycles. The van der Waals surface area contributed by atoms with E-state index in [1.807, 2.05) is 6.92 Å². The van der Waals surface area contributed by atoms with Crippen molar-refractivity contribution in [2.24, 2.45) is 0 Å². The summed E-state index contributed by atoms with van der Waals surface area (Å²) in [5, 5.41) is 0. The van der Waals surface area contributed by atoms with Gasteiger partial charge in [0.15, 0.2) is 18.0 Å². The van der Waals surface area contributed by atoms with Crippen LogP contribution in [0, 0.1) is 0 Å². The maximum Gasteiger partial charge on any atom is 0.337 e. The van der Waals surface area contributed by atoms with Gasteiger partial charge >= 0.3 is 6.03 Å². The van der Waals surface area contributed by atoms with Gasteiger partial charge in [-0.15, -0.1) is 0 Å². The number of nitrogens with one attached hydrogen (secondary N) is 1. The lowest BCUT2D eigenvalue weighted by molar-refractivity contribution is -0.404. The number of hydrogen-bond acceptors (Lipinski definition) is 3. The monoisotopic (exact) mass is 326 g/mol. The third-order valence-corrected chi connectivity index (χ3v) is 4.70. The van der Waals surface area contributed by atoms with Crippen LogP contribution in [0.2, 0.25) is 0 Å². The molecule has 1 saturated heterocycles. The van der Waals surface area contributed by atoms with Crippen molar-refractivity contribution < 1.29 is 19.3 Å². The van der Waals surface area contributed by atoms with Crippen LogP contribution >= 0.6 is 0 Å². The van der Waals surface area contributed by atoms with Crippen molar-refractivity contribution in [1.82, 2.24) is 4.90 Å². The molecule has 0 bridgehead atoms. The normalized spacial score (nSPS) is 22.8. The first kappa shape index (κ1) is 14.9. The van der Waals surface area contributed by atoms with Gasteiger partial charge in [0.2, 0.25) is 0 Å². The molecule has 1 aromatic rings. The summed E-state index contributed by atoms with van der Waals surface area (Å²) in [5.74, 6) is 0.511. The lowest BCUT2D eigenvalue weighted by atomic mass is 9.98. The summed E-state index contributed by atoms with van der Waals surface area (Å²) in [6, 6.07) is 6.25. The molecule has 2 heterocycles. The minimum Gasteiger partial charge on any atom is -0.494 e. The van der Waals surface area contributed by atoms with Gasteiger partial charge in [-0.3, -0.25) is 9.69 Å². The third kappa shape index (κ3) is 2.21. The van der Waals surface area contributed by atoms with Crippen LogP contribution in [-0.2, 0) is 4.79 Å². The Bertz CT molecular complexity index is 751. The van der Waals surface area contributed by atoms with Crippen molar-refractivity contribution >= 4 is 23.8 Å². The topological polar surface area (TPSA) is 63.8 Å². The first-order valence-corrected chi connectivity index (χ1v) is 8.42. The number of urea groups is 1. The zero-order valence-corrected chi connectivity index (χ0v) is 13.6. The molecule has 3 aliphatic rings. The highest BCUT2D eigenvalue weighted by molar-refractivity contribution is 6.26. The van der Waals surface area contributed by atoms with E-state index in [4.69, 9.17) is 4.74 Å². The molecule has 24 heavy (non-hydrogen) atoms. The summed E-state index contributed by atoms with van der Waals surface area (Å²) in [6.07, 6.45) is 5.67. The Balaban J connectivity index is 1.67. The Morgan fingerprint density at radius 3 is 2.67 bits per heavy atom. The summed E-state index contributed by atoms with van der Waals surface area (Å²) >= 11 is 0. The van der Waals surface area contributed by atoms with E-state index in [1.54, 1.807) is 35.4 Å². The molecule has 6 heteroatoms. The molecule has 3 amide bonds. The number of imide groups is 1. The van der Waals surface area contributed by atoms with E-state index >= 15 is 0 Å². The number of anilines is 1. The largest absolute Gasteiger partial charge is 0.494 e. The smallest absolute Gasteiger partial charge is 0.337 e. The zero-order valence-electron chi connectivity index (χ0n) is 13.6. The van der Waals surface area contributed by atoms with Crippen LogP contribution < -0.4 is 14.6 Å². The fourth-order valence-electron chi connectivity index (χ4n) is 3.58. The van der Waals surface area contributed by atoms with Gasteiger partial charge < -0.3 is 4.74 Å². The molecule has 1 unspecified atom stereocenters. The number of fused-ring (bicyclic) bond motifs is 2. The van der Waals surface area contributed by atoms with Crippen molar-refractivity contribution in [3.8, 4) is 5.75 Å². The number of carbonyl (C=O) groups is 2. The summed E-state index contributed by atoms with van der Waals surface area (Å²) in [6.45, 7) is 2.49. The molecule has 0 spiro atoms. The van der Waals surface area contributed by atoms with Crippen LogP contribution in [0.15, 0.2) is 35.7 Å². The Morgan fingerprint density at radius 2 is 1.92 bits per heavy atom. The molecule has 1 fully saturated rings. The highest BCUT2D eigenvalue weighted by Gasteiger charge is 2.51. The molecule has 6 nitrogen and oxygen atoms in total. The van der Waals surface area contributed by atoms with Crippen molar-refractivity contribution in [2.75, 3.05) is 11.5 Å². The number of carbonyl (C=O) groups excluding carboxylic acids is 2. The van der Waals surface area contributed by atoms with Crippen LogP contribution in [0.3, 0.4) is 0 Å². The Morgan fingerprint density at radius 1 is 1.17 bits per heavy atom. The predicted octanol–water partition coefficient (Wildman–Crippen LogP) is 1.17. The van der Waals surface area contributed by atoms with E-state index in [-0.39, 0.29) is 11.9 Å². The molecular weight excluding hydrogens is 306 g/mol. The van der Waals surface area contributed by atoms with Crippen LogP contribution in [0.4, 0.5) is 10.5 Å². The number of benzene rings is 1. The Kier molecular flexibility index (Phi) is 3.59. The van der Waals surface area contributed by atoms with Crippen molar-refractivity contribution in [1.29, 1.82) is 0 Å². The highest BCUT2D eigenvalue weighted by atomic mass is 16.5. The van der Waals surface area contributed by atoms with Gasteiger partial charge in [0, 0.05) is 6.42 Å². The van der Waals surface area contributed by atoms with Gasteiger partial charge in [-0.05, 0) is 50.5 Å². The fraction of sp³-hybridized carbons (Fsp3) is 0.389. The van der Waals surface area contributed by atoms with Crippen LogP contribution in [-0.4, -0.2) is 35.7 Å². The second-order valence-electron chi connectivity index (χ2n) is 6.14. The number of ether oxygens (including phenoxy) is 1. The highest BCUT2D eigenvalue weighted by Crippen LogP contribution is 2.33. The number of allylic oxidation sites excluding steroid dienone is 2. The fourth-order valence-corrected chi connectivity index (χ4v) is 3.58. The summed E-state index contributed by atoms with van der Waals surface area (Å²) in [7, 11) is 0. The first-order valence-electron chi connectivity index (χ1n) is 8.42. The van der Waals surface area contributed by atoms with Gasteiger partial charge in [-0.2, -0.15) is 0 Å². The van der Waals surface area contributed by atoms with Crippen molar-refractivity contribution in [2.45, 2.75) is 38.6 Å². The van der Waals surface area contributed by atoms with Crippen LogP contribution in [0.5, 0.6) is 5.75 Å². The molecule has 4 rings (SSSR count). The predicted molar refractivity (Wildman–Crippen MR) is 88.6 cm³/mol. The molecule has 1 aliphatic carbocycles. The standard InChI is InChI=1S/C18H19N3O3/c1-2-24-13-9-7-12(8-10-13)20-17(22)16-11-19-14-5-3-4-6-15(14)21(16)18(20)23/h7-11,16H,2-6H2,1H3/p+1. The maximum absolute atomic E-state index is 12.9. The van der Waals surface area contributed by atoms with Crippen LogP contribution in [0.25, 0.3) is 0 Å². The minimum absolute atomic E-state index is 0.214. The molecular formula is C18H20N3O3+. The molecule has 0 saturated carbocycles. The molecule has 1 N–H and O–H groups in total. The maximum atomic E-state index is 12.9. The average Bonchev–Trinajstić information content (AvgIpc) is 2.87. The molecule has 124 valence electrons. The SMILES string of the molecule is CCOc1ccc(N2C(=O)C3C=[NH+]C4=C(CCCC4)N3C2=O)cc1. The van der Waals surface area contributed by atoms with Gasteiger partial charge in [-0.1, -0.05) is 0 Å².